The standard InChI is InChI=1S/C21H45NO/c1-3-5-7-9-10-11-12-13-14-15-17-19-22-20-21(23)18-16-8-6-4-2/h21-23H,3-20H2,1-2H3. The molecule has 0 aromatic heterocycles. The van der Waals surface area contributed by atoms with Crippen LogP contribution in [0, 0.1) is 0 Å². The number of hydrogen-bond acceptors (Lipinski definition) is 2. The normalized spacial score (nSPS) is 12.7. The molecule has 0 aromatic rings. The van der Waals surface area contributed by atoms with Crippen molar-refractivity contribution in [2.75, 3.05) is 13.1 Å². The molecule has 0 aliphatic heterocycles. The molecule has 0 spiro atoms. The summed E-state index contributed by atoms with van der Waals surface area (Å²) in [4.78, 5) is 0. The third-order valence-electron chi connectivity index (χ3n) is 4.73. The van der Waals surface area contributed by atoms with Crippen molar-refractivity contribution >= 4 is 0 Å². The van der Waals surface area contributed by atoms with E-state index in [-0.39, 0.29) is 6.10 Å². The molecule has 23 heavy (non-hydrogen) atoms. The molecule has 2 N–H and O–H groups in total. The van der Waals surface area contributed by atoms with Crippen molar-refractivity contribution in [1.82, 2.24) is 5.32 Å². The highest BCUT2D eigenvalue weighted by molar-refractivity contribution is 4.60. The van der Waals surface area contributed by atoms with Crippen LogP contribution in [-0.2, 0) is 0 Å². The van der Waals surface area contributed by atoms with Gasteiger partial charge in [-0.05, 0) is 19.4 Å². The molecule has 0 heterocycles. The van der Waals surface area contributed by atoms with Crippen LogP contribution in [0.4, 0.5) is 0 Å². The van der Waals surface area contributed by atoms with Crippen molar-refractivity contribution in [1.29, 1.82) is 0 Å². The number of nitrogens with one attached hydrogen (secondary N) is 1. The number of aliphatic hydroxyl groups is 1. The molecule has 2 heteroatoms. The van der Waals surface area contributed by atoms with Crippen LogP contribution in [0.3, 0.4) is 0 Å². The topological polar surface area (TPSA) is 32.3 Å². The monoisotopic (exact) mass is 327 g/mol. The van der Waals surface area contributed by atoms with Gasteiger partial charge in [0.05, 0.1) is 6.10 Å². The van der Waals surface area contributed by atoms with Gasteiger partial charge in [-0.3, -0.25) is 0 Å². The zero-order valence-corrected chi connectivity index (χ0v) is 16.3. The minimum atomic E-state index is -0.139. The molecular formula is C21H45NO. The summed E-state index contributed by atoms with van der Waals surface area (Å²) in [6, 6.07) is 0. The third-order valence-corrected chi connectivity index (χ3v) is 4.73. The molecule has 140 valence electrons. The summed E-state index contributed by atoms with van der Waals surface area (Å²) < 4.78 is 0. The summed E-state index contributed by atoms with van der Waals surface area (Å²) in [6.45, 7) is 6.36. The zero-order valence-electron chi connectivity index (χ0n) is 16.3. The molecular weight excluding hydrogens is 282 g/mol. The van der Waals surface area contributed by atoms with Crippen LogP contribution in [0.15, 0.2) is 0 Å². The lowest BCUT2D eigenvalue weighted by Gasteiger charge is -2.11. The Labute approximate surface area is 146 Å². The van der Waals surface area contributed by atoms with E-state index in [1.165, 1.54) is 96.3 Å². The maximum absolute atomic E-state index is 9.86. The highest BCUT2D eigenvalue weighted by atomic mass is 16.3. The van der Waals surface area contributed by atoms with Gasteiger partial charge in [0, 0.05) is 6.54 Å². The summed E-state index contributed by atoms with van der Waals surface area (Å²) in [6.07, 6.45) is 21.2. The summed E-state index contributed by atoms with van der Waals surface area (Å²) in [7, 11) is 0. The maximum Gasteiger partial charge on any atom is 0.0664 e. The smallest absolute Gasteiger partial charge is 0.0664 e. The summed E-state index contributed by atoms with van der Waals surface area (Å²) in [5.74, 6) is 0. The van der Waals surface area contributed by atoms with E-state index in [0.717, 1.165) is 19.5 Å². The first-order chi connectivity index (χ1) is 11.3. The fraction of sp³-hybridized carbons (Fsp3) is 1.00. The minimum absolute atomic E-state index is 0.139. The molecule has 0 aromatic carbocycles. The molecule has 0 aliphatic rings. The lowest BCUT2D eigenvalue weighted by atomic mass is 10.1. The van der Waals surface area contributed by atoms with Crippen molar-refractivity contribution in [2.45, 2.75) is 123 Å². The molecule has 0 fully saturated rings. The lowest BCUT2D eigenvalue weighted by Crippen LogP contribution is -2.27. The SMILES string of the molecule is CCCCCCCCCCCCCNCC(O)CCCCCC. The first kappa shape index (κ1) is 22.9. The second kappa shape index (κ2) is 20.0. The van der Waals surface area contributed by atoms with Gasteiger partial charge in [0.15, 0.2) is 0 Å². The summed E-state index contributed by atoms with van der Waals surface area (Å²) >= 11 is 0. The second-order valence-electron chi connectivity index (χ2n) is 7.24. The van der Waals surface area contributed by atoms with E-state index in [9.17, 15) is 5.11 Å². The van der Waals surface area contributed by atoms with Crippen molar-refractivity contribution in [2.24, 2.45) is 0 Å². The Morgan fingerprint density at radius 3 is 1.57 bits per heavy atom. The van der Waals surface area contributed by atoms with Crippen LogP contribution >= 0.6 is 0 Å². The van der Waals surface area contributed by atoms with Gasteiger partial charge in [-0.1, -0.05) is 104 Å². The number of hydrogen-bond donors (Lipinski definition) is 2. The molecule has 0 aliphatic carbocycles. The van der Waals surface area contributed by atoms with Crippen molar-refractivity contribution in [3.05, 3.63) is 0 Å². The van der Waals surface area contributed by atoms with E-state index in [2.05, 4.69) is 19.2 Å². The Morgan fingerprint density at radius 2 is 1.04 bits per heavy atom. The fourth-order valence-corrected chi connectivity index (χ4v) is 3.09. The highest BCUT2D eigenvalue weighted by Gasteiger charge is 2.02. The van der Waals surface area contributed by atoms with Gasteiger partial charge in [0.2, 0.25) is 0 Å². The number of aliphatic hydroxyl groups excluding tert-OH is 1. The van der Waals surface area contributed by atoms with Gasteiger partial charge in [0.25, 0.3) is 0 Å². The maximum atomic E-state index is 9.86. The number of rotatable bonds is 19. The minimum Gasteiger partial charge on any atom is -0.392 e. The predicted molar refractivity (Wildman–Crippen MR) is 104 cm³/mol. The van der Waals surface area contributed by atoms with Crippen molar-refractivity contribution in [3.8, 4) is 0 Å². The van der Waals surface area contributed by atoms with Crippen LogP contribution in [0.2, 0.25) is 0 Å². The van der Waals surface area contributed by atoms with E-state index in [1.807, 2.05) is 0 Å². The van der Waals surface area contributed by atoms with Gasteiger partial charge in [-0.25, -0.2) is 0 Å². The Hall–Kier alpha value is -0.0800. The molecule has 1 atom stereocenters. The molecule has 1 unspecified atom stereocenters. The first-order valence-corrected chi connectivity index (χ1v) is 10.7. The predicted octanol–water partition coefficient (Wildman–Crippen LogP) is 6.22. The van der Waals surface area contributed by atoms with Crippen LogP contribution in [0.1, 0.15) is 117 Å². The van der Waals surface area contributed by atoms with Gasteiger partial charge < -0.3 is 10.4 Å². The second-order valence-corrected chi connectivity index (χ2v) is 7.24. The average molecular weight is 328 g/mol. The zero-order chi connectivity index (χ0) is 17.0. The molecule has 0 bridgehead atoms. The summed E-state index contributed by atoms with van der Waals surface area (Å²) in [5.41, 5.74) is 0. The van der Waals surface area contributed by atoms with Gasteiger partial charge in [-0.2, -0.15) is 0 Å². The van der Waals surface area contributed by atoms with E-state index < -0.39 is 0 Å². The Bertz CT molecular complexity index is 208. The average Bonchev–Trinajstić information content (AvgIpc) is 2.56. The van der Waals surface area contributed by atoms with Crippen LogP contribution in [0.25, 0.3) is 0 Å². The Morgan fingerprint density at radius 1 is 0.609 bits per heavy atom. The van der Waals surface area contributed by atoms with Crippen LogP contribution in [-0.4, -0.2) is 24.3 Å². The molecule has 0 radical (unpaired) electrons. The molecule has 0 saturated carbocycles. The van der Waals surface area contributed by atoms with Crippen molar-refractivity contribution in [3.63, 3.8) is 0 Å². The van der Waals surface area contributed by atoms with Gasteiger partial charge >= 0.3 is 0 Å². The lowest BCUT2D eigenvalue weighted by molar-refractivity contribution is 0.158. The van der Waals surface area contributed by atoms with Gasteiger partial charge in [0.1, 0.15) is 0 Å². The fourth-order valence-electron chi connectivity index (χ4n) is 3.09. The van der Waals surface area contributed by atoms with E-state index >= 15 is 0 Å². The molecule has 0 saturated heterocycles. The summed E-state index contributed by atoms with van der Waals surface area (Å²) in [5, 5.41) is 13.3. The van der Waals surface area contributed by atoms with Gasteiger partial charge in [-0.15, -0.1) is 0 Å². The largest absolute Gasteiger partial charge is 0.392 e. The Kier molecular flexibility index (Phi) is 19.9. The number of unbranched alkanes of at least 4 members (excludes halogenated alkanes) is 13. The first-order valence-electron chi connectivity index (χ1n) is 10.7. The van der Waals surface area contributed by atoms with E-state index in [0.29, 0.717) is 0 Å². The molecule has 0 amide bonds. The molecule has 2 nitrogen and oxygen atoms in total. The third kappa shape index (κ3) is 19.9. The van der Waals surface area contributed by atoms with E-state index in [4.69, 9.17) is 0 Å². The molecule has 0 rings (SSSR count). The van der Waals surface area contributed by atoms with Crippen LogP contribution in [0.5, 0.6) is 0 Å². The quantitative estimate of drug-likeness (QED) is 0.276. The Balaban J connectivity index is 3.07. The van der Waals surface area contributed by atoms with Crippen molar-refractivity contribution < 1.29 is 5.11 Å². The highest BCUT2D eigenvalue weighted by Crippen LogP contribution is 2.11. The van der Waals surface area contributed by atoms with E-state index in [1.54, 1.807) is 0 Å². The van der Waals surface area contributed by atoms with Crippen LogP contribution < -0.4 is 5.32 Å².